The van der Waals surface area contributed by atoms with Gasteiger partial charge in [0.1, 0.15) is 13.2 Å². The standard InChI is InChI=1S/C70H122O6/c1-4-7-10-13-16-19-22-25-28-29-30-31-32-33-34-35-36-37-38-39-40-41-43-45-48-51-54-57-60-63-69(72)75-66-67(65-74-68(71)62-59-56-53-50-47-44-27-24-21-18-15-12-9-6-3)76-70(73)64-61-58-55-52-49-46-42-26-23-20-17-14-11-8-5-2/h8,11,17,20,22,25-26,29-30,32-33,42,49,52,67H,4-7,9-10,12-16,18-19,21,23-24,27-28,31,34-41,43-48,50-51,53-66H2,1-3H3/b11-8-,20-17-,25-22-,30-29-,33-32-,42-26-,52-49-. The molecule has 0 aliphatic rings. The predicted molar refractivity (Wildman–Crippen MR) is 330 cm³/mol. The van der Waals surface area contributed by atoms with Gasteiger partial charge < -0.3 is 14.2 Å². The van der Waals surface area contributed by atoms with Gasteiger partial charge in [-0.1, -0.05) is 292 Å². The van der Waals surface area contributed by atoms with E-state index in [1.807, 2.05) is 0 Å². The molecule has 0 heterocycles. The van der Waals surface area contributed by atoms with Gasteiger partial charge in [-0.15, -0.1) is 0 Å². The Balaban J connectivity index is 4.25. The van der Waals surface area contributed by atoms with Crippen molar-refractivity contribution < 1.29 is 28.6 Å². The maximum atomic E-state index is 12.9. The van der Waals surface area contributed by atoms with E-state index < -0.39 is 6.10 Å². The van der Waals surface area contributed by atoms with Crippen LogP contribution >= 0.6 is 0 Å². The van der Waals surface area contributed by atoms with Crippen LogP contribution in [0.15, 0.2) is 85.1 Å². The molecule has 0 aliphatic heterocycles. The number of hydrogen-bond donors (Lipinski definition) is 0. The van der Waals surface area contributed by atoms with E-state index in [2.05, 4.69) is 106 Å². The summed E-state index contributed by atoms with van der Waals surface area (Å²) >= 11 is 0. The van der Waals surface area contributed by atoms with Crippen molar-refractivity contribution in [1.29, 1.82) is 0 Å². The summed E-state index contributed by atoms with van der Waals surface area (Å²) in [5.41, 5.74) is 0. The van der Waals surface area contributed by atoms with Crippen molar-refractivity contribution in [3.63, 3.8) is 0 Å². The highest BCUT2D eigenvalue weighted by Gasteiger charge is 2.19. The van der Waals surface area contributed by atoms with Crippen LogP contribution in [0.2, 0.25) is 0 Å². The molecule has 438 valence electrons. The Morgan fingerprint density at radius 2 is 0.513 bits per heavy atom. The molecule has 0 fully saturated rings. The van der Waals surface area contributed by atoms with E-state index in [9.17, 15) is 14.4 Å². The van der Waals surface area contributed by atoms with Gasteiger partial charge in [0.05, 0.1) is 0 Å². The van der Waals surface area contributed by atoms with Crippen LogP contribution < -0.4 is 0 Å². The van der Waals surface area contributed by atoms with E-state index >= 15 is 0 Å². The minimum absolute atomic E-state index is 0.0900. The number of carbonyl (C=O) groups is 3. The first kappa shape index (κ1) is 72.6. The van der Waals surface area contributed by atoms with Crippen LogP contribution in [0.4, 0.5) is 0 Å². The third kappa shape index (κ3) is 61.4. The van der Waals surface area contributed by atoms with Crippen LogP contribution in [-0.2, 0) is 28.6 Å². The van der Waals surface area contributed by atoms with Gasteiger partial charge in [-0.2, -0.15) is 0 Å². The van der Waals surface area contributed by atoms with E-state index in [1.165, 1.54) is 186 Å². The van der Waals surface area contributed by atoms with E-state index in [4.69, 9.17) is 14.2 Å². The second-order valence-electron chi connectivity index (χ2n) is 21.6. The topological polar surface area (TPSA) is 78.9 Å². The van der Waals surface area contributed by atoms with Crippen molar-refractivity contribution in [1.82, 2.24) is 0 Å². The van der Waals surface area contributed by atoms with E-state index in [-0.39, 0.29) is 37.5 Å². The van der Waals surface area contributed by atoms with Crippen LogP contribution in [0.25, 0.3) is 0 Å². The lowest BCUT2D eigenvalue weighted by Gasteiger charge is -2.18. The number of esters is 3. The first-order valence-electron chi connectivity index (χ1n) is 32.6. The summed E-state index contributed by atoms with van der Waals surface area (Å²) in [7, 11) is 0. The molecule has 0 rings (SSSR count). The zero-order valence-corrected chi connectivity index (χ0v) is 50.3. The molecular weight excluding hydrogens is 937 g/mol. The largest absolute Gasteiger partial charge is 0.462 e. The molecule has 1 atom stereocenters. The number of unbranched alkanes of at least 4 members (excludes halogenated alkanes) is 34. The van der Waals surface area contributed by atoms with Crippen molar-refractivity contribution >= 4 is 17.9 Å². The van der Waals surface area contributed by atoms with Gasteiger partial charge in [-0.25, -0.2) is 0 Å². The molecular formula is C70H122O6. The fraction of sp³-hybridized carbons (Fsp3) is 0.757. The Labute approximate surface area is 471 Å². The lowest BCUT2D eigenvalue weighted by atomic mass is 10.0. The van der Waals surface area contributed by atoms with Crippen LogP contribution in [0.3, 0.4) is 0 Å². The van der Waals surface area contributed by atoms with Crippen LogP contribution in [0.5, 0.6) is 0 Å². The Hall–Kier alpha value is -3.41. The molecule has 0 bridgehead atoms. The average Bonchev–Trinajstić information content (AvgIpc) is 3.42. The smallest absolute Gasteiger partial charge is 0.306 e. The molecule has 0 saturated carbocycles. The fourth-order valence-corrected chi connectivity index (χ4v) is 9.27. The molecule has 0 saturated heterocycles. The molecule has 0 aromatic rings. The molecule has 6 nitrogen and oxygen atoms in total. The van der Waals surface area contributed by atoms with Crippen molar-refractivity contribution in [2.24, 2.45) is 0 Å². The number of allylic oxidation sites excluding steroid dienone is 14. The normalized spacial score (nSPS) is 12.6. The SMILES string of the molecule is CC/C=C\C/C=C\C/C=C\C/C=C\CCCCC(=O)OC(COC(=O)CCCCCCCCCCCCCCCC)COC(=O)CCCCCCCCCCCCCCCC/C=C\C/C=C\C/C=C\CCCCCCC. The zero-order chi connectivity index (χ0) is 55.0. The first-order chi connectivity index (χ1) is 37.5. The summed E-state index contributed by atoms with van der Waals surface area (Å²) in [6.45, 7) is 6.51. The number of ether oxygens (including phenoxy) is 3. The van der Waals surface area contributed by atoms with Gasteiger partial charge in [0.2, 0.25) is 0 Å². The van der Waals surface area contributed by atoms with Gasteiger partial charge in [0, 0.05) is 19.3 Å². The van der Waals surface area contributed by atoms with Crippen LogP contribution in [-0.4, -0.2) is 37.2 Å². The maximum absolute atomic E-state index is 12.9. The van der Waals surface area contributed by atoms with Crippen molar-refractivity contribution in [3.8, 4) is 0 Å². The minimum atomic E-state index is -0.797. The molecule has 0 radical (unpaired) electrons. The molecule has 0 aromatic heterocycles. The molecule has 0 amide bonds. The third-order valence-corrected chi connectivity index (χ3v) is 14.1. The summed E-state index contributed by atoms with van der Waals surface area (Å²) in [5.74, 6) is -0.920. The van der Waals surface area contributed by atoms with E-state index in [0.717, 1.165) is 89.9 Å². The lowest BCUT2D eigenvalue weighted by molar-refractivity contribution is -0.167. The van der Waals surface area contributed by atoms with Gasteiger partial charge in [0.15, 0.2) is 6.10 Å². The number of carbonyl (C=O) groups excluding carboxylic acids is 3. The summed E-state index contributed by atoms with van der Waals surface area (Å²) in [6.07, 6.45) is 84.6. The van der Waals surface area contributed by atoms with Gasteiger partial charge >= 0.3 is 17.9 Å². The Bertz CT molecular complexity index is 1450. The molecule has 0 spiro atoms. The van der Waals surface area contributed by atoms with Crippen LogP contribution in [0.1, 0.15) is 323 Å². The van der Waals surface area contributed by atoms with Crippen molar-refractivity contribution in [2.45, 2.75) is 329 Å². The minimum Gasteiger partial charge on any atom is -0.462 e. The number of hydrogen-bond acceptors (Lipinski definition) is 6. The molecule has 6 heteroatoms. The molecule has 76 heavy (non-hydrogen) atoms. The number of rotatable bonds is 59. The van der Waals surface area contributed by atoms with E-state index in [0.29, 0.717) is 19.3 Å². The van der Waals surface area contributed by atoms with Gasteiger partial charge in [-0.05, 0) is 96.3 Å². The highest BCUT2D eigenvalue weighted by Crippen LogP contribution is 2.17. The van der Waals surface area contributed by atoms with Crippen LogP contribution in [0, 0.1) is 0 Å². The highest BCUT2D eigenvalue weighted by atomic mass is 16.6. The summed E-state index contributed by atoms with van der Waals surface area (Å²) in [6, 6.07) is 0. The van der Waals surface area contributed by atoms with E-state index in [1.54, 1.807) is 0 Å². The molecule has 0 N–H and O–H groups in total. The van der Waals surface area contributed by atoms with Gasteiger partial charge in [0.25, 0.3) is 0 Å². The molecule has 1 unspecified atom stereocenters. The summed E-state index contributed by atoms with van der Waals surface area (Å²) in [5, 5.41) is 0. The molecule has 0 aliphatic carbocycles. The molecule has 0 aromatic carbocycles. The average molecular weight is 1060 g/mol. The second kappa shape index (κ2) is 64.1. The Morgan fingerprint density at radius 3 is 0.829 bits per heavy atom. The quantitative estimate of drug-likeness (QED) is 0.0261. The lowest BCUT2D eigenvalue weighted by Crippen LogP contribution is -2.30. The second-order valence-corrected chi connectivity index (χ2v) is 21.6. The first-order valence-corrected chi connectivity index (χ1v) is 32.6. The predicted octanol–water partition coefficient (Wildman–Crippen LogP) is 22.3. The summed E-state index contributed by atoms with van der Waals surface area (Å²) in [4.78, 5) is 38.3. The van der Waals surface area contributed by atoms with Crippen molar-refractivity contribution in [2.75, 3.05) is 13.2 Å². The van der Waals surface area contributed by atoms with Crippen molar-refractivity contribution in [3.05, 3.63) is 85.1 Å². The summed E-state index contributed by atoms with van der Waals surface area (Å²) < 4.78 is 16.9. The highest BCUT2D eigenvalue weighted by molar-refractivity contribution is 5.71. The fourth-order valence-electron chi connectivity index (χ4n) is 9.27. The van der Waals surface area contributed by atoms with Gasteiger partial charge in [-0.3, -0.25) is 14.4 Å². The Kier molecular flexibility index (Phi) is 61.2. The monoisotopic (exact) mass is 1060 g/mol. The zero-order valence-electron chi connectivity index (χ0n) is 50.3. The Morgan fingerprint density at radius 1 is 0.276 bits per heavy atom. The third-order valence-electron chi connectivity index (χ3n) is 14.1. The maximum Gasteiger partial charge on any atom is 0.306 e.